The van der Waals surface area contributed by atoms with Crippen molar-refractivity contribution in [2.24, 2.45) is 0 Å². The van der Waals surface area contributed by atoms with Crippen molar-refractivity contribution in [3.63, 3.8) is 0 Å². The first-order valence-electron chi connectivity index (χ1n) is 9.65. The fourth-order valence-electron chi connectivity index (χ4n) is 2.81. The van der Waals surface area contributed by atoms with Gasteiger partial charge in [-0.3, -0.25) is 14.5 Å². The lowest BCUT2D eigenvalue weighted by Crippen LogP contribution is -2.50. The second kappa shape index (κ2) is 11.1. The minimum atomic E-state index is -0.773. The van der Waals surface area contributed by atoms with Crippen molar-refractivity contribution in [1.29, 1.82) is 0 Å². The lowest BCUT2D eigenvalue weighted by Gasteiger charge is -2.22. The van der Waals surface area contributed by atoms with E-state index in [0.29, 0.717) is 5.82 Å². The lowest BCUT2D eigenvalue weighted by atomic mass is 10.0. The number of benzene rings is 1. The highest BCUT2D eigenvalue weighted by Gasteiger charge is 2.22. The van der Waals surface area contributed by atoms with E-state index in [0.717, 1.165) is 24.2 Å². The van der Waals surface area contributed by atoms with Crippen molar-refractivity contribution < 1.29 is 14.0 Å². The van der Waals surface area contributed by atoms with E-state index in [1.54, 1.807) is 30.5 Å². The average molecular weight is 401 g/mol. The van der Waals surface area contributed by atoms with Gasteiger partial charge in [-0.15, -0.1) is 0 Å². The molecule has 0 unspecified atom stereocenters. The van der Waals surface area contributed by atoms with Crippen LogP contribution in [-0.4, -0.2) is 47.4 Å². The molecule has 0 bridgehead atoms. The third kappa shape index (κ3) is 7.50. The molecule has 2 aromatic rings. The van der Waals surface area contributed by atoms with Gasteiger partial charge < -0.3 is 16.4 Å². The molecule has 0 saturated carbocycles. The molecule has 1 heterocycles. The van der Waals surface area contributed by atoms with Crippen LogP contribution in [0.3, 0.4) is 0 Å². The van der Waals surface area contributed by atoms with E-state index in [1.165, 1.54) is 12.1 Å². The molecule has 29 heavy (non-hydrogen) atoms. The van der Waals surface area contributed by atoms with E-state index >= 15 is 0 Å². The fraction of sp³-hybridized carbons (Fsp3) is 0.381. The monoisotopic (exact) mass is 401 g/mol. The normalized spacial score (nSPS) is 11.9. The maximum absolute atomic E-state index is 13.2. The van der Waals surface area contributed by atoms with Crippen molar-refractivity contribution in [3.8, 4) is 0 Å². The standard InChI is InChI=1S/C21H28FN5O2/c1-3-27(4-2)14-20(28)26-18(11-15-5-8-17(22)9-6-15)21(29)25-13-16-7-10-19(23)24-12-16/h5-10,12,18H,3-4,11,13-14H2,1-2H3,(H2,23,24)(H,25,29)(H,26,28)/t18-/m0/s1. The molecule has 2 rings (SSSR count). The van der Waals surface area contributed by atoms with Gasteiger partial charge in [0.05, 0.1) is 6.54 Å². The molecule has 1 aromatic heterocycles. The lowest BCUT2D eigenvalue weighted by molar-refractivity contribution is -0.129. The number of likely N-dealkylation sites (N-methyl/N-ethyl adjacent to an activating group) is 1. The number of amides is 2. The van der Waals surface area contributed by atoms with Crippen LogP contribution in [0.5, 0.6) is 0 Å². The maximum atomic E-state index is 13.2. The Morgan fingerprint density at radius 1 is 1.10 bits per heavy atom. The number of aromatic nitrogens is 1. The number of pyridine rings is 1. The van der Waals surface area contributed by atoms with E-state index in [4.69, 9.17) is 5.73 Å². The third-order valence-corrected chi connectivity index (χ3v) is 4.58. The van der Waals surface area contributed by atoms with Crippen LogP contribution < -0.4 is 16.4 Å². The minimum absolute atomic E-state index is 0.210. The number of nitrogens with zero attached hydrogens (tertiary/aromatic N) is 2. The summed E-state index contributed by atoms with van der Waals surface area (Å²) >= 11 is 0. The average Bonchev–Trinajstić information content (AvgIpc) is 2.72. The summed E-state index contributed by atoms with van der Waals surface area (Å²) in [4.78, 5) is 31.1. The van der Waals surface area contributed by atoms with Gasteiger partial charge >= 0.3 is 0 Å². The summed E-state index contributed by atoms with van der Waals surface area (Å²) in [6.45, 7) is 5.89. The van der Waals surface area contributed by atoms with E-state index in [9.17, 15) is 14.0 Å². The molecule has 4 N–H and O–H groups in total. The van der Waals surface area contributed by atoms with E-state index in [-0.39, 0.29) is 37.1 Å². The Labute approximate surface area is 170 Å². The van der Waals surface area contributed by atoms with Gasteiger partial charge in [-0.05, 0) is 42.4 Å². The van der Waals surface area contributed by atoms with Crippen LogP contribution in [0.1, 0.15) is 25.0 Å². The molecular formula is C21H28FN5O2. The highest BCUT2D eigenvalue weighted by atomic mass is 19.1. The molecule has 0 aliphatic rings. The number of nitrogens with one attached hydrogen (secondary N) is 2. The number of halogens is 1. The Balaban J connectivity index is 2.05. The van der Waals surface area contributed by atoms with Crippen LogP contribution in [0, 0.1) is 5.82 Å². The Bertz CT molecular complexity index is 792. The van der Waals surface area contributed by atoms with Gasteiger partial charge in [0.25, 0.3) is 0 Å². The zero-order chi connectivity index (χ0) is 21.2. The summed E-state index contributed by atoms with van der Waals surface area (Å²) in [7, 11) is 0. The summed E-state index contributed by atoms with van der Waals surface area (Å²) in [6, 6.07) is 8.54. The van der Waals surface area contributed by atoms with Crippen LogP contribution in [0.25, 0.3) is 0 Å². The molecule has 0 aliphatic heterocycles. The zero-order valence-corrected chi connectivity index (χ0v) is 16.8. The SMILES string of the molecule is CCN(CC)CC(=O)N[C@@H](Cc1ccc(F)cc1)C(=O)NCc1ccc(N)nc1. The number of carbonyl (C=O) groups excluding carboxylic acids is 2. The van der Waals surface area contributed by atoms with Gasteiger partial charge in [0.15, 0.2) is 0 Å². The first-order chi connectivity index (χ1) is 13.9. The van der Waals surface area contributed by atoms with Crippen LogP contribution >= 0.6 is 0 Å². The number of anilines is 1. The van der Waals surface area contributed by atoms with Crippen LogP contribution in [0.4, 0.5) is 10.2 Å². The molecule has 1 atom stereocenters. The first kappa shape index (κ1) is 22.3. The predicted octanol–water partition coefficient (Wildman–Crippen LogP) is 1.49. The topological polar surface area (TPSA) is 100 Å². The van der Waals surface area contributed by atoms with Gasteiger partial charge in [-0.2, -0.15) is 0 Å². The van der Waals surface area contributed by atoms with Gasteiger partial charge in [0.2, 0.25) is 11.8 Å². The van der Waals surface area contributed by atoms with Crippen molar-refractivity contribution >= 4 is 17.6 Å². The molecule has 0 spiro atoms. The molecule has 7 nitrogen and oxygen atoms in total. The van der Waals surface area contributed by atoms with Gasteiger partial charge in [0, 0.05) is 19.2 Å². The fourth-order valence-corrected chi connectivity index (χ4v) is 2.81. The van der Waals surface area contributed by atoms with Crippen LogP contribution in [0.15, 0.2) is 42.6 Å². The second-order valence-corrected chi connectivity index (χ2v) is 6.72. The van der Waals surface area contributed by atoms with Crippen molar-refractivity contribution in [1.82, 2.24) is 20.5 Å². The summed E-state index contributed by atoms with van der Waals surface area (Å²) < 4.78 is 13.2. The smallest absolute Gasteiger partial charge is 0.243 e. The zero-order valence-electron chi connectivity index (χ0n) is 16.8. The number of nitrogen functional groups attached to an aromatic ring is 1. The predicted molar refractivity (Wildman–Crippen MR) is 110 cm³/mol. The quantitative estimate of drug-likeness (QED) is 0.560. The minimum Gasteiger partial charge on any atom is -0.384 e. The largest absolute Gasteiger partial charge is 0.384 e. The Hall–Kier alpha value is -3.00. The number of hydrogen-bond acceptors (Lipinski definition) is 5. The molecular weight excluding hydrogens is 373 g/mol. The Kier molecular flexibility index (Phi) is 8.54. The van der Waals surface area contributed by atoms with E-state index < -0.39 is 6.04 Å². The molecule has 156 valence electrons. The van der Waals surface area contributed by atoms with E-state index in [1.807, 2.05) is 18.7 Å². The Morgan fingerprint density at radius 2 is 1.76 bits per heavy atom. The highest BCUT2D eigenvalue weighted by molar-refractivity contribution is 5.88. The molecule has 2 amide bonds. The molecule has 0 fully saturated rings. The third-order valence-electron chi connectivity index (χ3n) is 4.58. The van der Waals surface area contributed by atoms with Gasteiger partial charge in [0.1, 0.15) is 17.7 Å². The number of hydrogen-bond donors (Lipinski definition) is 3. The molecule has 8 heteroatoms. The van der Waals surface area contributed by atoms with Gasteiger partial charge in [-0.1, -0.05) is 32.0 Å². The molecule has 0 radical (unpaired) electrons. The summed E-state index contributed by atoms with van der Waals surface area (Å²) in [6.07, 6.45) is 1.85. The van der Waals surface area contributed by atoms with Crippen molar-refractivity contribution in [2.45, 2.75) is 32.9 Å². The number of nitrogens with two attached hydrogens (primary N) is 1. The number of carbonyl (C=O) groups is 2. The Morgan fingerprint density at radius 3 is 2.34 bits per heavy atom. The van der Waals surface area contributed by atoms with Crippen LogP contribution in [0.2, 0.25) is 0 Å². The van der Waals surface area contributed by atoms with Gasteiger partial charge in [-0.25, -0.2) is 9.37 Å². The van der Waals surface area contributed by atoms with Crippen molar-refractivity contribution in [2.75, 3.05) is 25.4 Å². The second-order valence-electron chi connectivity index (χ2n) is 6.72. The maximum Gasteiger partial charge on any atom is 0.243 e. The van der Waals surface area contributed by atoms with Crippen LogP contribution in [-0.2, 0) is 22.6 Å². The molecule has 0 saturated heterocycles. The summed E-state index contributed by atoms with van der Waals surface area (Å²) in [5.74, 6) is -0.502. The van der Waals surface area contributed by atoms with E-state index in [2.05, 4.69) is 15.6 Å². The highest BCUT2D eigenvalue weighted by Crippen LogP contribution is 2.07. The number of rotatable bonds is 10. The van der Waals surface area contributed by atoms with Crippen molar-refractivity contribution in [3.05, 3.63) is 59.5 Å². The summed E-state index contributed by atoms with van der Waals surface area (Å²) in [5, 5.41) is 5.62. The first-order valence-corrected chi connectivity index (χ1v) is 9.65. The molecule has 0 aliphatic carbocycles. The molecule has 1 aromatic carbocycles. The summed E-state index contributed by atoms with van der Waals surface area (Å²) in [5.41, 5.74) is 7.12.